The number of methoxy groups -OCH3 is 1. The van der Waals surface area contributed by atoms with E-state index in [1.54, 1.807) is 12.1 Å². The molecule has 6 atom stereocenters. The summed E-state index contributed by atoms with van der Waals surface area (Å²) in [6.45, 7) is 6.40. The van der Waals surface area contributed by atoms with Gasteiger partial charge < -0.3 is 9.47 Å². The van der Waals surface area contributed by atoms with Crippen molar-refractivity contribution in [2.45, 2.75) is 57.0 Å². The van der Waals surface area contributed by atoms with Gasteiger partial charge in [0.05, 0.1) is 23.6 Å². The third-order valence-corrected chi connectivity index (χ3v) is 10.2. The van der Waals surface area contributed by atoms with Crippen LogP contribution in [0.3, 0.4) is 0 Å². The van der Waals surface area contributed by atoms with E-state index in [0.29, 0.717) is 10.9 Å². The Bertz CT molecular complexity index is 1160. The number of hydrogen-bond acceptors (Lipinski definition) is 7. The maximum absolute atomic E-state index is 12.9. The third kappa shape index (κ3) is 3.32. The monoisotopic (exact) mass is 476 g/mol. The zero-order valence-electron chi connectivity index (χ0n) is 18.6. The van der Waals surface area contributed by atoms with Gasteiger partial charge in [0, 0.05) is 22.6 Å². The van der Waals surface area contributed by atoms with Crippen LogP contribution in [-0.2, 0) is 26.0 Å². The van der Waals surface area contributed by atoms with Crippen molar-refractivity contribution in [2.75, 3.05) is 11.8 Å². The van der Waals surface area contributed by atoms with Crippen molar-refractivity contribution in [3.05, 3.63) is 34.8 Å². The summed E-state index contributed by atoms with van der Waals surface area (Å²) < 4.78 is 39.4. The number of ether oxygens (including phenoxy) is 2. The SMILES string of the molecule is COc1ccc(S(=O)(=O)Nc2nc3c(s2)C[C@@]2(C)CC[C@@H]4[C@H](OC(=O)[C@H]4C)[C@H]2[C@@H]3C)cc1. The molecule has 0 bridgehead atoms. The molecule has 1 aliphatic heterocycles. The van der Waals surface area contributed by atoms with Gasteiger partial charge in [-0.05, 0) is 48.9 Å². The quantitative estimate of drug-likeness (QED) is 0.665. The summed E-state index contributed by atoms with van der Waals surface area (Å²) in [5.41, 5.74) is 0.942. The topological polar surface area (TPSA) is 94.6 Å². The van der Waals surface area contributed by atoms with Crippen molar-refractivity contribution in [2.24, 2.45) is 23.2 Å². The van der Waals surface area contributed by atoms with E-state index in [2.05, 4.69) is 18.6 Å². The summed E-state index contributed by atoms with van der Waals surface area (Å²) in [7, 11) is -2.21. The number of carbonyl (C=O) groups is 1. The van der Waals surface area contributed by atoms with Crippen molar-refractivity contribution in [1.82, 2.24) is 4.98 Å². The highest BCUT2D eigenvalue weighted by Gasteiger charge is 2.58. The van der Waals surface area contributed by atoms with Gasteiger partial charge in [-0.1, -0.05) is 20.8 Å². The number of hydrogen-bond donors (Lipinski definition) is 1. The second-order valence-electron chi connectivity index (χ2n) is 9.65. The molecular weight excluding hydrogens is 448 g/mol. The zero-order valence-corrected chi connectivity index (χ0v) is 20.3. The van der Waals surface area contributed by atoms with Gasteiger partial charge in [-0.2, -0.15) is 0 Å². The summed E-state index contributed by atoms with van der Waals surface area (Å²) >= 11 is 1.42. The van der Waals surface area contributed by atoms with Crippen molar-refractivity contribution >= 4 is 32.5 Å². The Hall–Kier alpha value is -2.13. The first-order valence-electron chi connectivity index (χ1n) is 11.0. The molecular formula is C23H28N2O5S2. The normalized spacial score (nSPS) is 33.6. The van der Waals surface area contributed by atoms with Crippen LogP contribution in [0.1, 0.15) is 50.1 Å². The molecule has 1 saturated heterocycles. The van der Waals surface area contributed by atoms with Crippen LogP contribution in [0.15, 0.2) is 29.2 Å². The first-order chi connectivity index (χ1) is 15.1. The van der Waals surface area contributed by atoms with Gasteiger partial charge in [-0.3, -0.25) is 9.52 Å². The van der Waals surface area contributed by atoms with Gasteiger partial charge in [-0.15, -0.1) is 11.3 Å². The lowest BCUT2D eigenvalue weighted by Gasteiger charge is -2.51. The van der Waals surface area contributed by atoms with E-state index in [9.17, 15) is 13.2 Å². The molecule has 32 heavy (non-hydrogen) atoms. The Labute approximate surface area is 192 Å². The number of carbonyl (C=O) groups excluding carboxylic acids is 1. The Morgan fingerprint density at radius 2 is 1.94 bits per heavy atom. The standard InChI is InChI=1S/C23H28N2O5S2/c1-12-16-9-10-23(3)11-17-19(13(2)18(23)20(16)30-21(12)26)24-22(31-17)25-32(27,28)15-7-5-14(29-4)6-8-15/h5-8,12-13,16,18,20H,9-11H2,1-4H3,(H,24,25)/t12-,13-,16-,18+,20-,23+/m0/s1. The lowest BCUT2D eigenvalue weighted by Crippen LogP contribution is -2.50. The van der Waals surface area contributed by atoms with E-state index in [4.69, 9.17) is 14.5 Å². The minimum absolute atomic E-state index is 0.0105. The van der Waals surface area contributed by atoms with Crippen molar-refractivity contribution < 1.29 is 22.7 Å². The predicted octanol–water partition coefficient (Wildman–Crippen LogP) is 4.21. The number of fused-ring (bicyclic) bond motifs is 4. The molecule has 2 fully saturated rings. The Morgan fingerprint density at radius 1 is 1.22 bits per heavy atom. The van der Waals surface area contributed by atoms with Crippen LogP contribution in [0, 0.1) is 23.2 Å². The number of rotatable bonds is 4. The molecule has 1 aromatic heterocycles. The molecule has 1 aromatic carbocycles. The molecule has 0 unspecified atom stereocenters. The van der Waals surface area contributed by atoms with Crippen molar-refractivity contribution in [1.29, 1.82) is 0 Å². The highest BCUT2D eigenvalue weighted by Crippen LogP contribution is 2.59. The Balaban J connectivity index is 1.43. The second kappa shape index (κ2) is 7.45. The summed E-state index contributed by atoms with van der Waals surface area (Å²) in [6.07, 6.45) is 2.77. The summed E-state index contributed by atoms with van der Waals surface area (Å²) in [6, 6.07) is 6.27. The molecule has 7 nitrogen and oxygen atoms in total. The first-order valence-corrected chi connectivity index (χ1v) is 13.3. The smallest absolute Gasteiger partial charge is 0.309 e. The molecule has 1 N–H and O–H groups in total. The fourth-order valence-electron chi connectivity index (χ4n) is 6.05. The van der Waals surface area contributed by atoms with Gasteiger partial charge in [0.25, 0.3) is 10.0 Å². The summed E-state index contributed by atoms with van der Waals surface area (Å²) in [5, 5.41) is 0.383. The average Bonchev–Trinajstić information content (AvgIpc) is 3.26. The molecule has 0 radical (unpaired) electrons. The van der Waals surface area contributed by atoms with E-state index < -0.39 is 10.0 Å². The van der Waals surface area contributed by atoms with Gasteiger partial charge in [-0.25, -0.2) is 13.4 Å². The fourth-order valence-corrected chi connectivity index (χ4v) is 8.55. The number of sulfonamides is 1. The van der Waals surface area contributed by atoms with Gasteiger partial charge in [0.1, 0.15) is 11.9 Å². The van der Waals surface area contributed by atoms with Crippen LogP contribution in [0.4, 0.5) is 5.13 Å². The highest BCUT2D eigenvalue weighted by molar-refractivity contribution is 7.93. The zero-order chi connectivity index (χ0) is 22.8. The fraction of sp³-hybridized carbons (Fsp3) is 0.565. The second-order valence-corrected chi connectivity index (χ2v) is 12.4. The van der Waals surface area contributed by atoms with E-state index in [1.807, 2.05) is 6.92 Å². The van der Waals surface area contributed by atoms with Crippen molar-refractivity contribution in [3.63, 3.8) is 0 Å². The van der Waals surface area contributed by atoms with E-state index >= 15 is 0 Å². The number of nitrogens with one attached hydrogen (secondary N) is 1. The minimum Gasteiger partial charge on any atom is -0.497 e. The number of aromatic nitrogens is 1. The van der Waals surface area contributed by atoms with Crippen LogP contribution in [0.2, 0.25) is 0 Å². The lowest BCUT2D eigenvalue weighted by atomic mass is 9.54. The molecule has 9 heteroatoms. The molecule has 5 rings (SSSR count). The molecule has 2 aromatic rings. The van der Waals surface area contributed by atoms with Crippen LogP contribution in [-0.4, -0.2) is 32.6 Å². The number of anilines is 1. The molecule has 2 aliphatic carbocycles. The molecule has 1 saturated carbocycles. The molecule has 3 aliphatic rings. The Morgan fingerprint density at radius 3 is 2.62 bits per heavy atom. The number of esters is 1. The van der Waals surface area contributed by atoms with Gasteiger partial charge >= 0.3 is 5.97 Å². The first kappa shape index (κ1) is 21.7. The maximum Gasteiger partial charge on any atom is 0.309 e. The van der Waals surface area contributed by atoms with Gasteiger partial charge in [0.2, 0.25) is 0 Å². The molecule has 0 spiro atoms. The van der Waals surface area contributed by atoms with Crippen LogP contribution >= 0.6 is 11.3 Å². The lowest BCUT2D eigenvalue weighted by molar-refractivity contribution is -0.149. The third-order valence-electron chi connectivity index (χ3n) is 7.75. The van der Waals surface area contributed by atoms with Crippen LogP contribution in [0.5, 0.6) is 5.75 Å². The average molecular weight is 477 g/mol. The molecule has 0 amide bonds. The minimum atomic E-state index is -3.75. The van der Waals surface area contributed by atoms with E-state index in [0.717, 1.165) is 29.8 Å². The summed E-state index contributed by atoms with van der Waals surface area (Å²) in [4.78, 5) is 18.3. The number of thiazole rings is 1. The number of nitrogens with zero attached hydrogens (tertiary/aromatic N) is 1. The summed E-state index contributed by atoms with van der Waals surface area (Å²) in [5.74, 6) is 0.990. The highest BCUT2D eigenvalue weighted by atomic mass is 32.2. The predicted molar refractivity (Wildman–Crippen MR) is 121 cm³/mol. The molecule has 172 valence electrons. The van der Waals surface area contributed by atoms with E-state index in [-0.39, 0.29) is 46.1 Å². The Kier molecular flexibility index (Phi) is 5.05. The number of benzene rings is 1. The van der Waals surface area contributed by atoms with Crippen molar-refractivity contribution in [3.8, 4) is 5.75 Å². The van der Waals surface area contributed by atoms with E-state index in [1.165, 1.54) is 30.6 Å². The maximum atomic E-state index is 12.9. The van der Waals surface area contributed by atoms with Gasteiger partial charge in [0.15, 0.2) is 5.13 Å². The van der Waals surface area contributed by atoms with Crippen LogP contribution < -0.4 is 9.46 Å². The van der Waals surface area contributed by atoms with Crippen LogP contribution in [0.25, 0.3) is 0 Å². The largest absolute Gasteiger partial charge is 0.497 e. The molecule has 2 heterocycles.